The van der Waals surface area contributed by atoms with E-state index >= 15 is 0 Å². The monoisotopic (exact) mass is 455 g/mol. The van der Waals surface area contributed by atoms with Gasteiger partial charge in [0.05, 0.1) is 28.7 Å². The van der Waals surface area contributed by atoms with Gasteiger partial charge in [-0.1, -0.05) is 6.07 Å². The molecule has 6 rings (SSSR count). The van der Waals surface area contributed by atoms with Crippen molar-refractivity contribution in [1.82, 2.24) is 29.2 Å². The molecule has 2 aromatic carbocycles. The van der Waals surface area contributed by atoms with Crippen LogP contribution < -0.4 is 11.1 Å². The number of hydrogen-bond donors (Lipinski definition) is 2. The van der Waals surface area contributed by atoms with Crippen molar-refractivity contribution in [3.63, 3.8) is 0 Å². The number of aryl methyl sites for hydroxylation is 1. The van der Waals surface area contributed by atoms with Crippen molar-refractivity contribution >= 4 is 28.4 Å². The van der Waals surface area contributed by atoms with Gasteiger partial charge in [-0.05, 0) is 55.2 Å². The Morgan fingerprint density at radius 1 is 1.15 bits per heavy atom. The van der Waals surface area contributed by atoms with Crippen molar-refractivity contribution in [2.75, 3.05) is 12.3 Å². The Morgan fingerprint density at radius 3 is 2.68 bits per heavy atom. The molecule has 1 amide bonds. The van der Waals surface area contributed by atoms with E-state index in [1.165, 1.54) is 12.1 Å². The minimum Gasteiger partial charge on any atom is -0.381 e. The number of nitrogens with zero attached hydrogens (tertiary/aromatic N) is 5. The largest absolute Gasteiger partial charge is 0.381 e. The van der Waals surface area contributed by atoms with E-state index in [0.29, 0.717) is 35.1 Å². The van der Waals surface area contributed by atoms with E-state index in [0.717, 1.165) is 29.4 Å². The standard InChI is InChI=1S/C25H22FN7O/c1-32-13-29-18-9-6-16(10-20(18)32)22-21(15-4-7-17(26)8-5-15)31-23(27)24-30-19(12-33(22)24)25(34)28-11-14-2-3-14/h4-10,12-14H,2-3,11H2,1H3,(H2,27,31)(H,28,34). The number of benzene rings is 2. The maximum atomic E-state index is 13.7. The van der Waals surface area contributed by atoms with Crippen LogP contribution in [0, 0.1) is 11.7 Å². The summed E-state index contributed by atoms with van der Waals surface area (Å²) < 4.78 is 17.4. The molecule has 170 valence electrons. The van der Waals surface area contributed by atoms with Gasteiger partial charge in [0.2, 0.25) is 0 Å². The van der Waals surface area contributed by atoms with Gasteiger partial charge < -0.3 is 15.6 Å². The molecule has 3 N–H and O–H groups in total. The highest BCUT2D eigenvalue weighted by molar-refractivity contribution is 5.95. The van der Waals surface area contributed by atoms with Gasteiger partial charge >= 0.3 is 0 Å². The van der Waals surface area contributed by atoms with Gasteiger partial charge in [-0.3, -0.25) is 9.20 Å². The van der Waals surface area contributed by atoms with Crippen molar-refractivity contribution in [1.29, 1.82) is 0 Å². The lowest BCUT2D eigenvalue weighted by Gasteiger charge is -2.14. The first kappa shape index (κ1) is 20.3. The zero-order chi connectivity index (χ0) is 23.4. The number of imidazole rings is 2. The number of nitrogens with one attached hydrogen (secondary N) is 1. The van der Waals surface area contributed by atoms with Crippen molar-refractivity contribution in [2.45, 2.75) is 12.8 Å². The highest BCUT2D eigenvalue weighted by atomic mass is 19.1. The molecular weight excluding hydrogens is 433 g/mol. The molecule has 3 heterocycles. The van der Waals surface area contributed by atoms with Gasteiger partial charge in [-0.15, -0.1) is 0 Å². The Balaban J connectivity index is 1.58. The quantitative estimate of drug-likeness (QED) is 0.420. The van der Waals surface area contributed by atoms with Crippen LogP contribution >= 0.6 is 0 Å². The number of hydrogen-bond acceptors (Lipinski definition) is 5. The summed E-state index contributed by atoms with van der Waals surface area (Å²) in [5, 5.41) is 2.95. The number of fused-ring (bicyclic) bond motifs is 2. The van der Waals surface area contributed by atoms with Crippen LogP contribution in [0.3, 0.4) is 0 Å². The van der Waals surface area contributed by atoms with E-state index in [4.69, 9.17) is 5.73 Å². The maximum absolute atomic E-state index is 13.7. The topological polar surface area (TPSA) is 103 Å². The molecular formula is C25H22FN7O. The Bertz CT molecular complexity index is 1560. The molecule has 1 saturated carbocycles. The third-order valence-electron chi connectivity index (χ3n) is 6.23. The molecule has 1 aliphatic carbocycles. The number of aromatic nitrogens is 5. The van der Waals surface area contributed by atoms with Crippen LogP contribution in [0.1, 0.15) is 23.3 Å². The first-order valence-corrected chi connectivity index (χ1v) is 11.1. The fraction of sp³-hybridized carbons (Fsp3) is 0.200. The first-order chi connectivity index (χ1) is 16.5. The van der Waals surface area contributed by atoms with Crippen LogP contribution in [0.5, 0.6) is 0 Å². The van der Waals surface area contributed by atoms with E-state index in [-0.39, 0.29) is 23.2 Å². The molecule has 5 aromatic rings. The van der Waals surface area contributed by atoms with Crippen molar-refractivity contribution in [2.24, 2.45) is 13.0 Å². The minimum absolute atomic E-state index is 0.186. The molecule has 0 aliphatic heterocycles. The third-order valence-corrected chi connectivity index (χ3v) is 6.23. The predicted octanol–water partition coefficient (Wildman–Crippen LogP) is 3.81. The Kier molecular flexibility index (Phi) is 4.58. The summed E-state index contributed by atoms with van der Waals surface area (Å²) in [5.74, 6) is 0.157. The van der Waals surface area contributed by atoms with E-state index in [9.17, 15) is 9.18 Å². The Morgan fingerprint density at radius 2 is 1.91 bits per heavy atom. The zero-order valence-corrected chi connectivity index (χ0v) is 18.5. The van der Waals surface area contributed by atoms with Crippen LogP contribution in [0.15, 0.2) is 55.0 Å². The van der Waals surface area contributed by atoms with Crippen LogP contribution in [0.2, 0.25) is 0 Å². The van der Waals surface area contributed by atoms with Gasteiger partial charge in [0.15, 0.2) is 11.5 Å². The summed E-state index contributed by atoms with van der Waals surface area (Å²) in [7, 11) is 1.93. The predicted molar refractivity (Wildman–Crippen MR) is 128 cm³/mol. The molecule has 34 heavy (non-hydrogen) atoms. The highest BCUT2D eigenvalue weighted by Gasteiger charge is 2.24. The number of anilines is 1. The number of nitrogens with two attached hydrogens (primary N) is 1. The summed E-state index contributed by atoms with van der Waals surface area (Å²) >= 11 is 0. The smallest absolute Gasteiger partial charge is 0.271 e. The lowest BCUT2D eigenvalue weighted by molar-refractivity contribution is 0.0947. The SMILES string of the molecule is Cn1cnc2ccc(-c3c(-c4ccc(F)cc4)nc(N)c4nc(C(=O)NCC5CC5)cn34)cc21. The summed E-state index contributed by atoms with van der Waals surface area (Å²) in [5.41, 5.74) is 11.6. The third kappa shape index (κ3) is 3.45. The second kappa shape index (κ2) is 7.65. The van der Waals surface area contributed by atoms with Gasteiger partial charge in [0.1, 0.15) is 11.5 Å². The molecule has 1 fully saturated rings. The molecule has 3 aromatic heterocycles. The van der Waals surface area contributed by atoms with Crippen molar-refractivity contribution < 1.29 is 9.18 Å². The van der Waals surface area contributed by atoms with E-state index in [2.05, 4.69) is 20.3 Å². The minimum atomic E-state index is -0.340. The van der Waals surface area contributed by atoms with Gasteiger partial charge in [0.25, 0.3) is 5.91 Å². The number of nitrogen functional groups attached to an aromatic ring is 1. The Hall–Kier alpha value is -4.27. The second-order valence-corrected chi connectivity index (χ2v) is 8.73. The molecule has 0 spiro atoms. The second-order valence-electron chi connectivity index (χ2n) is 8.73. The summed E-state index contributed by atoms with van der Waals surface area (Å²) in [4.78, 5) is 26.3. The maximum Gasteiger partial charge on any atom is 0.271 e. The molecule has 8 nitrogen and oxygen atoms in total. The first-order valence-electron chi connectivity index (χ1n) is 11.1. The van der Waals surface area contributed by atoms with E-state index < -0.39 is 0 Å². The summed E-state index contributed by atoms with van der Waals surface area (Å²) in [6.45, 7) is 0.644. The van der Waals surface area contributed by atoms with Gasteiger partial charge in [-0.2, -0.15) is 0 Å². The molecule has 0 radical (unpaired) electrons. The summed E-state index contributed by atoms with van der Waals surface area (Å²) in [6.07, 6.45) is 5.73. The average Bonchev–Trinajstić information content (AvgIpc) is 3.44. The lowest BCUT2D eigenvalue weighted by Crippen LogP contribution is -2.25. The number of rotatable bonds is 5. The van der Waals surface area contributed by atoms with Crippen LogP contribution in [-0.4, -0.2) is 36.4 Å². The van der Waals surface area contributed by atoms with Crippen LogP contribution in [-0.2, 0) is 7.05 Å². The zero-order valence-electron chi connectivity index (χ0n) is 18.5. The number of halogens is 1. The average molecular weight is 455 g/mol. The van der Waals surface area contributed by atoms with E-state index in [1.807, 2.05) is 29.8 Å². The fourth-order valence-electron chi connectivity index (χ4n) is 4.19. The van der Waals surface area contributed by atoms with Crippen molar-refractivity contribution in [3.05, 3.63) is 66.5 Å². The fourth-order valence-corrected chi connectivity index (χ4v) is 4.19. The molecule has 9 heteroatoms. The molecule has 0 bridgehead atoms. The van der Waals surface area contributed by atoms with Crippen molar-refractivity contribution in [3.8, 4) is 22.5 Å². The number of carbonyl (C=O) groups excluding carboxylic acids is 1. The summed E-state index contributed by atoms with van der Waals surface area (Å²) in [6, 6.07) is 12.0. The normalized spacial score (nSPS) is 13.6. The molecule has 1 aliphatic rings. The van der Waals surface area contributed by atoms with Crippen LogP contribution in [0.4, 0.5) is 10.2 Å². The molecule has 0 atom stereocenters. The highest BCUT2D eigenvalue weighted by Crippen LogP contribution is 2.35. The Labute approximate surface area is 194 Å². The molecule has 0 unspecified atom stereocenters. The number of carbonyl (C=O) groups is 1. The van der Waals surface area contributed by atoms with Crippen LogP contribution in [0.25, 0.3) is 39.2 Å². The van der Waals surface area contributed by atoms with Gasteiger partial charge in [-0.25, -0.2) is 19.3 Å². The number of amides is 1. The van der Waals surface area contributed by atoms with E-state index in [1.54, 1.807) is 29.1 Å². The lowest BCUT2D eigenvalue weighted by atomic mass is 10.0. The molecule has 0 saturated heterocycles. The van der Waals surface area contributed by atoms with Gasteiger partial charge in [0, 0.05) is 30.9 Å².